The number of rotatable bonds is 8. The van der Waals surface area contributed by atoms with Crippen molar-refractivity contribution in [3.05, 3.63) is 149 Å². The highest BCUT2D eigenvalue weighted by Gasteiger charge is 2.38. The predicted molar refractivity (Wildman–Crippen MR) is 146 cm³/mol. The molecule has 184 valence electrons. The molecule has 0 spiro atoms. The van der Waals surface area contributed by atoms with E-state index >= 15 is 0 Å². The summed E-state index contributed by atoms with van der Waals surface area (Å²) in [6.45, 7) is 0.670. The first-order valence-electron chi connectivity index (χ1n) is 12.5. The second-order valence-electron chi connectivity index (χ2n) is 9.05. The molecule has 0 saturated heterocycles. The molecule has 0 radical (unpaired) electrons. The fraction of sp³-hybridized carbons (Fsp3) is 0.125. The van der Waals surface area contributed by atoms with Gasteiger partial charge in [0.2, 0.25) is 5.91 Å². The monoisotopic (exact) mass is 487 g/mol. The van der Waals surface area contributed by atoms with Crippen LogP contribution in [-0.4, -0.2) is 22.8 Å². The SMILES string of the molecule is O=C(NCc1ccccc1)C1=C(c2ccccc2)N[C@H](Cc2ccccc2)C(=O)N1Cc1ccccc1. The fourth-order valence-electron chi connectivity index (χ4n) is 4.57. The summed E-state index contributed by atoms with van der Waals surface area (Å²) in [4.78, 5) is 29.4. The molecule has 2 amide bonds. The van der Waals surface area contributed by atoms with E-state index in [4.69, 9.17) is 0 Å². The van der Waals surface area contributed by atoms with Crippen molar-refractivity contribution >= 4 is 17.5 Å². The number of hydrogen-bond acceptors (Lipinski definition) is 3. The summed E-state index contributed by atoms with van der Waals surface area (Å²) in [6, 6.07) is 38.7. The Bertz CT molecular complexity index is 1370. The Morgan fingerprint density at radius 1 is 0.703 bits per heavy atom. The number of benzene rings is 4. The summed E-state index contributed by atoms with van der Waals surface area (Å²) >= 11 is 0. The van der Waals surface area contributed by atoms with E-state index in [0.717, 1.165) is 22.3 Å². The van der Waals surface area contributed by atoms with Gasteiger partial charge in [-0.15, -0.1) is 0 Å². The Morgan fingerprint density at radius 2 is 1.22 bits per heavy atom. The van der Waals surface area contributed by atoms with Crippen molar-refractivity contribution < 1.29 is 9.59 Å². The van der Waals surface area contributed by atoms with Crippen LogP contribution in [0.3, 0.4) is 0 Å². The van der Waals surface area contributed by atoms with E-state index in [0.29, 0.717) is 30.9 Å². The van der Waals surface area contributed by atoms with Gasteiger partial charge in [0.05, 0.1) is 12.2 Å². The average molecular weight is 488 g/mol. The first-order valence-corrected chi connectivity index (χ1v) is 12.5. The maximum Gasteiger partial charge on any atom is 0.270 e. The minimum atomic E-state index is -0.507. The predicted octanol–water partition coefficient (Wildman–Crippen LogP) is 4.91. The number of amides is 2. The third-order valence-electron chi connectivity index (χ3n) is 6.43. The minimum absolute atomic E-state index is 0.128. The molecule has 2 N–H and O–H groups in total. The Morgan fingerprint density at radius 3 is 1.81 bits per heavy atom. The Balaban J connectivity index is 1.56. The van der Waals surface area contributed by atoms with Crippen molar-refractivity contribution in [2.45, 2.75) is 25.6 Å². The maximum absolute atomic E-state index is 13.9. The van der Waals surface area contributed by atoms with E-state index in [1.165, 1.54) is 0 Å². The number of carbonyl (C=O) groups is 2. The zero-order valence-electron chi connectivity index (χ0n) is 20.5. The molecule has 4 aromatic carbocycles. The van der Waals surface area contributed by atoms with Gasteiger partial charge in [0.1, 0.15) is 11.7 Å². The Hall–Kier alpha value is -4.64. The molecule has 1 aliphatic rings. The van der Waals surface area contributed by atoms with Gasteiger partial charge in [-0.25, -0.2) is 0 Å². The summed E-state index contributed by atoms with van der Waals surface area (Å²) in [6.07, 6.45) is 0.514. The summed E-state index contributed by atoms with van der Waals surface area (Å²) < 4.78 is 0. The first-order chi connectivity index (χ1) is 18.2. The Labute approximate surface area is 217 Å². The van der Waals surface area contributed by atoms with E-state index in [1.807, 2.05) is 121 Å². The van der Waals surface area contributed by atoms with Crippen LogP contribution in [0.4, 0.5) is 0 Å². The number of nitrogens with one attached hydrogen (secondary N) is 2. The number of nitrogens with zero attached hydrogens (tertiary/aromatic N) is 1. The highest BCUT2D eigenvalue weighted by atomic mass is 16.2. The average Bonchev–Trinajstić information content (AvgIpc) is 2.96. The molecule has 37 heavy (non-hydrogen) atoms. The van der Waals surface area contributed by atoms with Crippen molar-refractivity contribution in [1.82, 2.24) is 15.5 Å². The molecule has 0 bridgehead atoms. The van der Waals surface area contributed by atoms with Gasteiger partial charge in [0, 0.05) is 13.0 Å². The van der Waals surface area contributed by atoms with Crippen LogP contribution in [0.1, 0.15) is 22.3 Å². The number of hydrogen-bond donors (Lipinski definition) is 2. The largest absolute Gasteiger partial charge is 0.371 e. The highest BCUT2D eigenvalue weighted by Crippen LogP contribution is 2.28. The maximum atomic E-state index is 13.9. The smallest absolute Gasteiger partial charge is 0.270 e. The lowest BCUT2D eigenvalue weighted by atomic mass is 9.98. The van der Waals surface area contributed by atoms with Gasteiger partial charge in [0.25, 0.3) is 5.91 Å². The van der Waals surface area contributed by atoms with Crippen molar-refractivity contribution in [1.29, 1.82) is 0 Å². The third kappa shape index (κ3) is 5.78. The fourth-order valence-corrected chi connectivity index (χ4v) is 4.57. The molecule has 0 unspecified atom stereocenters. The van der Waals surface area contributed by atoms with Gasteiger partial charge in [0.15, 0.2) is 0 Å². The van der Waals surface area contributed by atoms with Crippen LogP contribution in [0.2, 0.25) is 0 Å². The van der Waals surface area contributed by atoms with Crippen LogP contribution in [0.5, 0.6) is 0 Å². The van der Waals surface area contributed by atoms with Gasteiger partial charge < -0.3 is 10.6 Å². The van der Waals surface area contributed by atoms with Gasteiger partial charge in [-0.2, -0.15) is 0 Å². The third-order valence-corrected chi connectivity index (χ3v) is 6.43. The molecule has 1 aliphatic heterocycles. The number of carbonyl (C=O) groups excluding carboxylic acids is 2. The van der Waals surface area contributed by atoms with E-state index in [-0.39, 0.29) is 11.8 Å². The molecule has 5 nitrogen and oxygen atoms in total. The zero-order chi connectivity index (χ0) is 25.5. The van der Waals surface area contributed by atoms with Crippen LogP contribution >= 0.6 is 0 Å². The van der Waals surface area contributed by atoms with Crippen LogP contribution < -0.4 is 10.6 Å². The summed E-state index contributed by atoms with van der Waals surface area (Å²) in [5, 5.41) is 6.48. The molecule has 5 heteroatoms. The molecular weight excluding hydrogens is 458 g/mol. The van der Waals surface area contributed by atoms with Crippen molar-refractivity contribution in [3.8, 4) is 0 Å². The lowest BCUT2D eigenvalue weighted by Gasteiger charge is -2.37. The van der Waals surface area contributed by atoms with Gasteiger partial charge >= 0.3 is 0 Å². The summed E-state index contributed by atoms with van der Waals surface area (Å²) in [5.74, 6) is -0.421. The first kappa shape index (κ1) is 24.1. The van der Waals surface area contributed by atoms with Crippen molar-refractivity contribution in [3.63, 3.8) is 0 Å². The summed E-state index contributed by atoms with van der Waals surface area (Å²) in [7, 11) is 0. The van der Waals surface area contributed by atoms with E-state index in [2.05, 4.69) is 10.6 Å². The molecule has 1 atom stereocenters. The standard InChI is InChI=1S/C32H29N3O2/c36-31(33-22-25-15-7-2-8-16-25)30-29(27-19-11-4-12-20-27)34-28(21-24-13-5-1-6-14-24)32(37)35(30)23-26-17-9-3-10-18-26/h1-20,28,34H,21-23H2,(H,33,36)/t28-/m1/s1. The quantitative estimate of drug-likeness (QED) is 0.371. The van der Waals surface area contributed by atoms with Crippen LogP contribution in [0.15, 0.2) is 127 Å². The highest BCUT2D eigenvalue weighted by molar-refractivity contribution is 6.07. The summed E-state index contributed by atoms with van der Waals surface area (Å²) in [5.41, 5.74) is 4.85. The minimum Gasteiger partial charge on any atom is -0.371 e. The molecule has 5 rings (SSSR count). The van der Waals surface area contributed by atoms with Crippen LogP contribution in [0, 0.1) is 0 Å². The Kier molecular flexibility index (Phi) is 7.42. The molecular formula is C32H29N3O2. The molecule has 0 aromatic heterocycles. The van der Waals surface area contributed by atoms with Crippen molar-refractivity contribution in [2.24, 2.45) is 0 Å². The molecule has 4 aromatic rings. The van der Waals surface area contributed by atoms with Crippen molar-refractivity contribution in [2.75, 3.05) is 0 Å². The van der Waals surface area contributed by atoms with E-state index < -0.39 is 6.04 Å². The zero-order valence-corrected chi connectivity index (χ0v) is 20.5. The lowest BCUT2D eigenvalue weighted by molar-refractivity contribution is -0.135. The van der Waals surface area contributed by atoms with Crippen LogP contribution in [-0.2, 0) is 29.1 Å². The second-order valence-corrected chi connectivity index (χ2v) is 9.05. The van der Waals surface area contributed by atoms with Gasteiger partial charge in [-0.05, 0) is 22.3 Å². The molecule has 0 fully saturated rings. The normalized spacial score (nSPS) is 15.3. The molecule has 0 aliphatic carbocycles. The topological polar surface area (TPSA) is 61.4 Å². The molecule has 0 saturated carbocycles. The van der Waals surface area contributed by atoms with E-state index in [1.54, 1.807) is 4.90 Å². The lowest BCUT2D eigenvalue weighted by Crippen LogP contribution is -2.54. The van der Waals surface area contributed by atoms with E-state index in [9.17, 15) is 9.59 Å². The van der Waals surface area contributed by atoms with Gasteiger partial charge in [-0.1, -0.05) is 121 Å². The van der Waals surface area contributed by atoms with Gasteiger partial charge in [-0.3, -0.25) is 14.5 Å². The molecule has 1 heterocycles. The van der Waals surface area contributed by atoms with Crippen LogP contribution in [0.25, 0.3) is 5.70 Å². The second kappa shape index (κ2) is 11.4.